The molecule has 0 bridgehead atoms. The highest BCUT2D eigenvalue weighted by Crippen LogP contribution is 2.18. The second-order valence-electron chi connectivity index (χ2n) is 6.88. The lowest BCUT2D eigenvalue weighted by molar-refractivity contribution is 0.124. The molecule has 0 aliphatic heterocycles. The van der Waals surface area contributed by atoms with E-state index in [2.05, 4.69) is 55.0 Å². The lowest BCUT2D eigenvalue weighted by atomic mass is 10.2. The molecule has 2 unspecified atom stereocenters. The van der Waals surface area contributed by atoms with E-state index in [4.69, 9.17) is 8.85 Å². The Hall–Kier alpha value is 0.354. The van der Waals surface area contributed by atoms with Crippen molar-refractivity contribution in [3.63, 3.8) is 0 Å². The summed E-state index contributed by atoms with van der Waals surface area (Å²) < 4.78 is 12.2. The summed E-state index contributed by atoms with van der Waals surface area (Å²) in [6.45, 7) is 17.5. The molecule has 104 valence electrons. The lowest BCUT2D eigenvalue weighted by Crippen LogP contribution is -2.33. The standard InChI is InChI=1S/C13H32O2Si2/c1-9-17(15-13(5,6)7)11-10-16(8)14-12(2,3)4/h16-17H,9-11H2,1-8H3. The van der Waals surface area contributed by atoms with Crippen LogP contribution in [0.5, 0.6) is 0 Å². The highest BCUT2D eigenvalue weighted by molar-refractivity contribution is 6.57. The Morgan fingerprint density at radius 3 is 1.65 bits per heavy atom. The van der Waals surface area contributed by atoms with Crippen molar-refractivity contribution in [2.24, 2.45) is 0 Å². The second-order valence-corrected chi connectivity index (χ2v) is 12.2. The quantitative estimate of drug-likeness (QED) is 0.689. The summed E-state index contributed by atoms with van der Waals surface area (Å²) in [5.41, 5.74) is 0.0579. The Morgan fingerprint density at radius 2 is 1.29 bits per heavy atom. The van der Waals surface area contributed by atoms with E-state index in [9.17, 15) is 0 Å². The van der Waals surface area contributed by atoms with Gasteiger partial charge in [0.1, 0.15) is 0 Å². The van der Waals surface area contributed by atoms with Gasteiger partial charge < -0.3 is 8.85 Å². The van der Waals surface area contributed by atoms with Gasteiger partial charge in [0.2, 0.25) is 0 Å². The Balaban J connectivity index is 3.99. The van der Waals surface area contributed by atoms with Gasteiger partial charge in [-0.25, -0.2) is 0 Å². The van der Waals surface area contributed by atoms with Gasteiger partial charge in [0, 0.05) is 11.2 Å². The molecule has 0 aromatic carbocycles. The topological polar surface area (TPSA) is 18.5 Å². The van der Waals surface area contributed by atoms with E-state index in [1.54, 1.807) is 0 Å². The molecule has 0 aliphatic carbocycles. The molecule has 0 saturated carbocycles. The third-order valence-corrected chi connectivity index (χ3v) is 8.28. The third-order valence-electron chi connectivity index (χ3n) is 2.43. The van der Waals surface area contributed by atoms with Crippen LogP contribution in [0.25, 0.3) is 0 Å². The fraction of sp³-hybridized carbons (Fsp3) is 1.00. The fourth-order valence-corrected chi connectivity index (χ4v) is 8.31. The normalized spacial score (nSPS) is 16.9. The maximum atomic E-state index is 6.17. The molecule has 0 heterocycles. The van der Waals surface area contributed by atoms with Gasteiger partial charge in [0.25, 0.3) is 0 Å². The first kappa shape index (κ1) is 17.4. The van der Waals surface area contributed by atoms with Crippen molar-refractivity contribution in [2.75, 3.05) is 0 Å². The molecular formula is C13H32O2Si2. The van der Waals surface area contributed by atoms with Crippen LogP contribution in [0, 0.1) is 0 Å². The van der Waals surface area contributed by atoms with Crippen LogP contribution in [0.1, 0.15) is 48.5 Å². The van der Waals surface area contributed by atoms with Crippen LogP contribution in [0.4, 0.5) is 0 Å². The fourth-order valence-electron chi connectivity index (χ4n) is 1.93. The van der Waals surface area contributed by atoms with Gasteiger partial charge in [-0.1, -0.05) is 6.92 Å². The Labute approximate surface area is 112 Å². The zero-order chi connectivity index (χ0) is 13.7. The molecule has 17 heavy (non-hydrogen) atoms. The van der Waals surface area contributed by atoms with E-state index in [-0.39, 0.29) is 11.2 Å². The minimum absolute atomic E-state index is 0.0276. The van der Waals surface area contributed by atoms with Crippen LogP contribution in [0.15, 0.2) is 0 Å². The van der Waals surface area contributed by atoms with Crippen LogP contribution in [0.3, 0.4) is 0 Å². The number of rotatable bonds is 6. The number of hydrogen-bond donors (Lipinski definition) is 0. The van der Waals surface area contributed by atoms with Crippen molar-refractivity contribution in [3.05, 3.63) is 0 Å². The van der Waals surface area contributed by atoms with Gasteiger partial charge >= 0.3 is 0 Å². The van der Waals surface area contributed by atoms with Gasteiger partial charge in [-0.15, -0.1) is 0 Å². The highest BCUT2D eigenvalue weighted by atomic mass is 28.3. The summed E-state index contributed by atoms with van der Waals surface area (Å²) in [5, 5.41) is 0. The van der Waals surface area contributed by atoms with E-state index in [0.717, 1.165) is 0 Å². The zero-order valence-corrected chi connectivity index (χ0v) is 15.4. The van der Waals surface area contributed by atoms with Crippen LogP contribution >= 0.6 is 0 Å². The predicted molar refractivity (Wildman–Crippen MR) is 81.9 cm³/mol. The molecule has 0 aromatic heterocycles. The molecule has 2 nitrogen and oxygen atoms in total. The van der Waals surface area contributed by atoms with E-state index in [0.29, 0.717) is 0 Å². The van der Waals surface area contributed by atoms with Crippen molar-refractivity contribution in [3.8, 4) is 0 Å². The van der Waals surface area contributed by atoms with E-state index < -0.39 is 18.1 Å². The summed E-state index contributed by atoms with van der Waals surface area (Å²) in [5.74, 6) is 0. The van der Waals surface area contributed by atoms with Gasteiger partial charge in [0.15, 0.2) is 18.1 Å². The summed E-state index contributed by atoms with van der Waals surface area (Å²) in [4.78, 5) is 0. The third kappa shape index (κ3) is 11.2. The first-order valence-corrected chi connectivity index (χ1v) is 11.4. The molecule has 0 amide bonds. The molecule has 0 spiro atoms. The van der Waals surface area contributed by atoms with Crippen LogP contribution < -0.4 is 0 Å². The van der Waals surface area contributed by atoms with Crippen molar-refractivity contribution < 1.29 is 8.85 Å². The Morgan fingerprint density at radius 1 is 0.824 bits per heavy atom. The minimum Gasteiger partial charge on any atom is -0.416 e. The minimum atomic E-state index is -1.01. The molecule has 2 atom stereocenters. The molecule has 0 aromatic rings. The predicted octanol–water partition coefficient (Wildman–Crippen LogP) is 3.71. The monoisotopic (exact) mass is 276 g/mol. The average Bonchev–Trinajstić information content (AvgIpc) is 2.07. The lowest BCUT2D eigenvalue weighted by Gasteiger charge is -2.28. The second kappa shape index (κ2) is 7.07. The van der Waals surface area contributed by atoms with Crippen LogP contribution in [0.2, 0.25) is 24.7 Å². The van der Waals surface area contributed by atoms with E-state index in [1.165, 1.54) is 18.1 Å². The number of hydrogen-bond acceptors (Lipinski definition) is 2. The van der Waals surface area contributed by atoms with Gasteiger partial charge in [-0.3, -0.25) is 0 Å². The molecule has 0 radical (unpaired) electrons. The Bertz CT molecular complexity index is 206. The van der Waals surface area contributed by atoms with Crippen molar-refractivity contribution in [1.82, 2.24) is 0 Å². The molecular weight excluding hydrogens is 244 g/mol. The van der Waals surface area contributed by atoms with Crippen molar-refractivity contribution in [2.45, 2.75) is 84.3 Å². The van der Waals surface area contributed by atoms with Crippen LogP contribution in [-0.4, -0.2) is 29.3 Å². The highest BCUT2D eigenvalue weighted by Gasteiger charge is 2.21. The van der Waals surface area contributed by atoms with Gasteiger partial charge in [-0.05, 0) is 66.2 Å². The maximum Gasteiger partial charge on any atom is 0.177 e. The van der Waals surface area contributed by atoms with Crippen molar-refractivity contribution in [1.29, 1.82) is 0 Å². The zero-order valence-electron chi connectivity index (χ0n) is 13.1. The molecule has 0 rings (SSSR count). The van der Waals surface area contributed by atoms with Crippen molar-refractivity contribution >= 4 is 18.1 Å². The molecule has 4 heteroatoms. The molecule has 0 saturated heterocycles. The van der Waals surface area contributed by atoms with E-state index >= 15 is 0 Å². The summed E-state index contributed by atoms with van der Waals surface area (Å²) in [6.07, 6.45) is 0. The van der Waals surface area contributed by atoms with E-state index in [1.807, 2.05) is 0 Å². The smallest absolute Gasteiger partial charge is 0.177 e. The van der Waals surface area contributed by atoms with Gasteiger partial charge in [0.05, 0.1) is 0 Å². The van der Waals surface area contributed by atoms with Crippen LogP contribution in [-0.2, 0) is 8.85 Å². The molecule has 0 aliphatic rings. The SMILES string of the molecule is CC[SiH](CC[SiH](C)OC(C)(C)C)OC(C)(C)C. The first-order valence-electron chi connectivity index (χ1n) is 6.89. The maximum absolute atomic E-state index is 6.17. The summed E-state index contributed by atoms with van der Waals surface area (Å²) >= 11 is 0. The summed E-state index contributed by atoms with van der Waals surface area (Å²) in [6, 6.07) is 3.77. The van der Waals surface area contributed by atoms with Gasteiger partial charge in [-0.2, -0.15) is 0 Å². The largest absolute Gasteiger partial charge is 0.416 e. The molecule has 0 fully saturated rings. The average molecular weight is 277 g/mol. The molecule has 0 N–H and O–H groups in total. The first-order chi connectivity index (χ1) is 7.53. The summed E-state index contributed by atoms with van der Waals surface area (Å²) in [7, 11) is -2.02. The Kier molecular flexibility index (Phi) is 7.22.